The lowest BCUT2D eigenvalue weighted by atomic mass is 9.86. The van der Waals surface area contributed by atoms with Crippen LogP contribution in [0.4, 0.5) is 5.69 Å². The Morgan fingerprint density at radius 1 is 1.11 bits per heavy atom. The van der Waals surface area contributed by atoms with Crippen molar-refractivity contribution in [2.45, 2.75) is 50.0 Å². The van der Waals surface area contributed by atoms with Crippen LogP contribution in [0.3, 0.4) is 0 Å². The molecule has 0 radical (unpaired) electrons. The summed E-state index contributed by atoms with van der Waals surface area (Å²) in [5.74, 6) is -0.299. The Morgan fingerprint density at radius 3 is 2.39 bits per heavy atom. The minimum Gasteiger partial charge on any atom is -0.324 e. The Kier molecular flexibility index (Phi) is 5.84. The van der Waals surface area contributed by atoms with Crippen LogP contribution in [0, 0.1) is 0 Å². The van der Waals surface area contributed by atoms with Gasteiger partial charge in [-0.3, -0.25) is 4.79 Å². The predicted molar refractivity (Wildman–Crippen MR) is 112 cm³/mol. The molecule has 1 heterocycles. The fourth-order valence-electron chi connectivity index (χ4n) is 3.49. The predicted octanol–water partition coefficient (Wildman–Crippen LogP) is 4.43. The fourth-order valence-corrected chi connectivity index (χ4v) is 5.28. The van der Waals surface area contributed by atoms with Crippen LogP contribution in [0.15, 0.2) is 53.4 Å². The Bertz CT molecular complexity index is 966. The number of sulfonamides is 1. The van der Waals surface area contributed by atoms with E-state index in [4.69, 9.17) is 11.6 Å². The van der Waals surface area contributed by atoms with E-state index in [9.17, 15) is 13.2 Å². The third-order valence-corrected chi connectivity index (χ3v) is 7.09. The Morgan fingerprint density at radius 2 is 1.75 bits per heavy atom. The number of carbonyl (C=O) groups excluding carboxylic acids is 1. The number of carbonyl (C=O) groups is 1. The average Bonchev–Trinajstić information content (AvgIpc) is 3.12. The van der Waals surface area contributed by atoms with Gasteiger partial charge in [0.2, 0.25) is 15.9 Å². The van der Waals surface area contributed by atoms with Crippen molar-refractivity contribution in [2.75, 3.05) is 11.9 Å². The Hall–Kier alpha value is -1.89. The molecule has 150 valence electrons. The molecule has 7 heteroatoms. The maximum atomic E-state index is 13.0. The molecule has 1 N–H and O–H groups in total. The normalized spacial score (nSPS) is 18.2. The Labute approximate surface area is 171 Å². The fraction of sp³-hybridized carbons (Fsp3) is 0.381. The first-order valence-corrected chi connectivity index (χ1v) is 11.1. The number of halogens is 1. The number of benzene rings is 2. The first kappa shape index (κ1) is 20.8. The van der Waals surface area contributed by atoms with Crippen molar-refractivity contribution in [3.63, 3.8) is 0 Å². The van der Waals surface area contributed by atoms with Crippen LogP contribution < -0.4 is 5.32 Å². The standard InChI is InChI=1S/C21H25ClN2O3S/c1-21(2,3)17-7-4-5-8-18(17)23-20(25)19-9-6-14-24(19)28(26,27)16-12-10-15(22)11-13-16/h4-5,7-8,10-13,19H,6,9,14H2,1-3H3,(H,23,25)/t19-/m0/s1. The summed E-state index contributed by atoms with van der Waals surface area (Å²) in [5.41, 5.74) is 1.58. The minimum absolute atomic E-state index is 0.144. The summed E-state index contributed by atoms with van der Waals surface area (Å²) in [5, 5.41) is 3.42. The van der Waals surface area contributed by atoms with E-state index in [2.05, 4.69) is 26.1 Å². The highest BCUT2D eigenvalue weighted by Gasteiger charge is 2.39. The summed E-state index contributed by atoms with van der Waals surface area (Å²) in [7, 11) is -3.77. The number of anilines is 1. The SMILES string of the molecule is CC(C)(C)c1ccccc1NC(=O)[C@@H]1CCCN1S(=O)(=O)c1ccc(Cl)cc1. The van der Waals surface area contributed by atoms with E-state index in [0.717, 1.165) is 11.3 Å². The number of hydrogen-bond donors (Lipinski definition) is 1. The van der Waals surface area contributed by atoms with Gasteiger partial charge in [0.1, 0.15) is 6.04 Å². The minimum atomic E-state index is -3.77. The number of nitrogens with zero attached hydrogens (tertiary/aromatic N) is 1. The highest BCUT2D eigenvalue weighted by Crippen LogP contribution is 2.31. The molecule has 0 aromatic heterocycles. The largest absolute Gasteiger partial charge is 0.324 e. The van der Waals surface area contributed by atoms with Gasteiger partial charge in [-0.1, -0.05) is 50.6 Å². The first-order chi connectivity index (χ1) is 13.1. The third-order valence-electron chi connectivity index (χ3n) is 4.92. The molecule has 1 atom stereocenters. The lowest BCUT2D eigenvalue weighted by Gasteiger charge is -2.26. The van der Waals surface area contributed by atoms with E-state index in [-0.39, 0.29) is 16.2 Å². The van der Waals surface area contributed by atoms with Gasteiger partial charge in [-0.25, -0.2) is 8.42 Å². The summed E-state index contributed by atoms with van der Waals surface area (Å²) < 4.78 is 27.4. The van der Waals surface area contributed by atoms with E-state index < -0.39 is 16.1 Å². The zero-order valence-electron chi connectivity index (χ0n) is 16.3. The van der Waals surface area contributed by atoms with E-state index in [1.54, 1.807) is 12.1 Å². The second kappa shape index (κ2) is 7.85. The molecule has 1 aliphatic rings. The zero-order chi connectivity index (χ0) is 20.5. The van der Waals surface area contributed by atoms with Crippen molar-refractivity contribution < 1.29 is 13.2 Å². The lowest BCUT2D eigenvalue weighted by molar-refractivity contribution is -0.119. The quantitative estimate of drug-likeness (QED) is 0.795. The molecule has 0 spiro atoms. The van der Waals surface area contributed by atoms with Gasteiger partial charge >= 0.3 is 0 Å². The van der Waals surface area contributed by atoms with Gasteiger partial charge in [-0.15, -0.1) is 0 Å². The van der Waals surface area contributed by atoms with Crippen LogP contribution in [0.5, 0.6) is 0 Å². The summed E-state index contributed by atoms with van der Waals surface area (Å²) >= 11 is 5.87. The van der Waals surface area contributed by atoms with Crippen molar-refractivity contribution in [3.05, 3.63) is 59.1 Å². The van der Waals surface area contributed by atoms with Gasteiger partial charge in [0.15, 0.2) is 0 Å². The van der Waals surface area contributed by atoms with Crippen molar-refractivity contribution in [1.82, 2.24) is 4.31 Å². The van der Waals surface area contributed by atoms with Crippen LogP contribution in [0.2, 0.25) is 5.02 Å². The van der Waals surface area contributed by atoms with Gasteiger partial charge in [0.25, 0.3) is 0 Å². The molecule has 0 aliphatic carbocycles. The van der Waals surface area contributed by atoms with Crippen LogP contribution >= 0.6 is 11.6 Å². The highest BCUT2D eigenvalue weighted by molar-refractivity contribution is 7.89. The molecule has 2 aromatic carbocycles. The van der Waals surface area contributed by atoms with Crippen LogP contribution in [-0.4, -0.2) is 31.2 Å². The molecule has 1 amide bonds. The topological polar surface area (TPSA) is 66.5 Å². The molecule has 3 rings (SSSR count). The van der Waals surface area contributed by atoms with E-state index in [0.29, 0.717) is 24.4 Å². The van der Waals surface area contributed by atoms with Gasteiger partial charge in [-0.05, 0) is 54.2 Å². The second-order valence-electron chi connectivity index (χ2n) is 8.01. The number of amides is 1. The van der Waals surface area contributed by atoms with E-state index >= 15 is 0 Å². The van der Waals surface area contributed by atoms with Gasteiger partial charge in [0.05, 0.1) is 4.90 Å². The lowest BCUT2D eigenvalue weighted by Crippen LogP contribution is -2.43. The average molecular weight is 421 g/mol. The molecular formula is C21H25ClN2O3S. The van der Waals surface area contributed by atoms with Crippen LogP contribution in [0.1, 0.15) is 39.2 Å². The zero-order valence-corrected chi connectivity index (χ0v) is 17.8. The summed E-state index contributed by atoms with van der Waals surface area (Å²) in [6, 6.07) is 12.9. The number of rotatable bonds is 4. The van der Waals surface area contributed by atoms with Gasteiger partial charge in [0, 0.05) is 17.3 Å². The number of nitrogens with one attached hydrogen (secondary N) is 1. The van der Waals surface area contributed by atoms with E-state index in [1.165, 1.54) is 16.4 Å². The molecule has 1 fully saturated rings. The van der Waals surface area contributed by atoms with Gasteiger partial charge < -0.3 is 5.32 Å². The van der Waals surface area contributed by atoms with Crippen LogP contribution in [0.25, 0.3) is 0 Å². The van der Waals surface area contributed by atoms with Crippen molar-refractivity contribution in [1.29, 1.82) is 0 Å². The molecule has 2 aromatic rings. The summed E-state index contributed by atoms with van der Waals surface area (Å²) in [6.07, 6.45) is 1.14. The van der Waals surface area contributed by atoms with Crippen LogP contribution in [-0.2, 0) is 20.2 Å². The molecule has 0 unspecified atom stereocenters. The number of hydrogen-bond acceptors (Lipinski definition) is 3. The second-order valence-corrected chi connectivity index (χ2v) is 10.3. The molecule has 0 saturated carbocycles. The smallest absolute Gasteiger partial charge is 0.243 e. The summed E-state index contributed by atoms with van der Waals surface area (Å²) in [6.45, 7) is 6.55. The van der Waals surface area contributed by atoms with E-state index in [1.807, 2.05) is 24.3 Å². The molecule has 5 nitrogen and oxygen atoms in total. The third kappa shape index (κ3) is 4.24. The molecule has 1 saturated heterocycles. The molecule has 28 heavy (non-hydrogen) atoms. The first-order valence-electron chi connectivity index (χ1n) is 9.28. The van der Waals surface area contributed by atoms with Crippen molar-refractivity contribution in [3.8, 4) is 0 Å². The maximum Gasteiger partial charge on any atom is 0.243 e. The summed E-state index contributed by atoms with van der Waals surface area (Å²) in [4.78, 5) is 13.1. The van der Waals surface area contributed by atoms with Crippen molar-refractivity contribution in [2.24, 2.45) is 0 Å². The van der Waals surface area contributed by atoms with Crippen molar-refractivity contribution >= 4 is 33.2 Å². The highest BCUT2D eigenvalue weighted by atomic mass is 35.5. The van der Waals surface area contributed by atoms with Gasteiger partial charge in [-0.2, -0.15) is 4.31 Å². The monoisotopic (exact) mass is 420 g/mol. The molecular weight excluding hydrogens is 396 g/mol. The molecule has 1 aliphatic heterocycles. The Balaban J connectivity index is 1.86. The number of para-hydroxylation sites is 1. The molecule has 0 bridgehead atoms. The maximum absolute atomic E-state index is 13.0.